The zero-order chi connectivity index (χ0) is 16.2. The predicted molar refractivity (Wildman–Crippen MR) is 92.5 cm³/mol. The first kappa shape index (κ1) is 16.6. The molecule has 0 aromatic carbocycles. The summed E-state index contributed by atoms with van der Waals surface area (Å²) in [6.45, 7) is 6.70. The Morgan fingerprint density at radius 3 is 2.78 bits per heavy atom. The van der Waals surface area contributed by atoms with E-state index >= 15 is 0 Å². The number of aryl methyl sites for hydroxylation is 2. The molecule has 1 N–H and O–H groups in total. The van der Waals surface area contributed by atoms with Crippen LogP contribution >= 0.6 is 11.8 Å². The van der Waals surface area contributed by atoms with E-state index in [1.54, 1.807) is 0 Å². The Morgan fingerprint density at radius 2 is 2.04 bits per heavy atom. The van der Waals surface area contributed by atoms with Crippen molar-refractivity contribution >= 4 is 11.8 Å². The van der Waals surface area contributed by atoms with Gasteiger partial charge in [0.15, 0.2) is 0 Å². The van der Waals surface area contributed by atoms with Crippen LogP contribution in [-0.4, -0.2) is 27.2 Å². The predicted octanol–water partition coefficient (Wildman–Crippen LogP) is 4.10. The van der Waals surface area contributed by atoms with Crippen LogP contribution < -0.4 is 5.32 Å². The van der Waals surface area contributed by atoms with Crippen LogP contribution in [0.1, 0.15) is 50.0 Å². The van der Waals surface area contributed by atoms with Gasteiger partial charge in [-0.15, -0.1) is 10.2 Å². The highest BCUT2D eigenvalue weighted by molar-refractivity contribution is 7.99. The average molecular weight is 335 g/mol. The molecule has 0 bridgehead atoms. The minimum absolute atomic E-state index is 0.541. The quantitative estimate of drug-likeness (QED) is 0.857. The Hall–Kier alpha value is -1.27. The van der Waals surface area contributed by atoms with Crippen molar-refractivity contribution in [2.45, 2.75) is 64.3 Å². The van der Waals surface area contributed by atoms with E-state index in [2.05, 4.69) is 34.2 Å². The maximum Gasteiger partial charge on any atom is 0.251 e. The maximum absolute atomic E-state index is 5.80. The molecule has 1 aliphatic rings. The van der Waals surface area contributed by atoms with Gasteiger partial charge in [-0.05, 0) is 38.5 Å². The monoisotopic (exact) mass is 335 g/mol. The maximum atomic E-state index is 5.80. The summed E-state index contributed by atoms with van der Waals surface area (Å²) in [4.78, 5) is 0. The van der Waals surface area contributed by atoms with Crippen molar-refractivity contribution in [2.75, 3.05) is 5.75 Å². The van der Waals surface area contributed by atoms with Crippen LogP contribution in [-0.2, 0) is 6.54 Å². The van der Waals surface area contributed by atoms with Crippen molar-refractivity contribution in [2.24, 2.45) is 0 Å². The van der Waals surface area contributed by atoms with Crippen LogP contribution in [0.4, 0.5) is 0 Å². The number of nitrogens with one attached hydrogen (secondary N) is 1. The van der Waals surface area contributed by atoms with E-state index in [1.807, 2.05) is 19.9 Å². The number of hydrogen-bond donors (Lipinski definition) is 1. The van der Waals surface area contributed by atoms with E-state index in [1.165, 1.54) is 31.4 Å². The first-order valence-corrected chi connectivity index (χ1v) is 9.47. The summed E-state index contributed by atoms with van der Waals surface area (Å²) in [6, 6.07) is 2.48. The minimum atomic E-state index is 0.541. The fraction of sp³-hybridized carbons (Fsp3) is 0.647. The standard InChI is InChI=1S/C17H25N3O2S/c1-4-23-15-8-6-5-7-14(15)18-10-16-19-20-17(22-16)13-9-11(2)21-12(13)3/h9,14-15,18H,4-8,10H2,1-3H3/t14-,15+/m1/s1. The second-order valence-corrected chi connectivity index (χ2v) is 7.61. The molecule has 2 heterocycles. The SMILES string of the molecule is CCS[C@H]1CCCC[C@H]1NCc1nnc(-c2cc(C)oc2C)o1. The van der Waals surface area contributed by atoms with Crippen molar-refractivity contribution in [1.29, 1.82) is 0 Å². The fourth-order valence-electron chi connectivity index (χ4n) is 3.24. The van der Waals surface area contributed by atoms with Crippen molar-refractivity contribution in [1.82, 2.24) is 15.5 Å². The molecule has 0 saturated heterocycles. The molecule has 0 amide bonds. The lowest BCUT2D eigenvalue weighted by Gasteiger charge is -2.31. The summed E-state index contributed by atoms with van der Waals surface area (Å²) in [5, 5.41) is 12.6. The second-order valence-electron chi connectivity index (χ2n) is 6.09. The number of furan rings is 1. The van der Waals surface area contributed by atoms with Gasteiger partial charge in [0.2, 0.25) is 5.89 Å². The van der Waals surface area contributed by atoms with E-state index in [0.717, 1.165) is 17.1 Å². The van der Waals surface area contributed by atoms with Gasteiger partial charge in [-0.2, -0.15) is 11.8 Å². The van der Waals surface area contributed by atoms with Crippen LogP contribution in [0, 0.1) is 13.8 Å². The Bertz CT molecular complexity index is 636. The smallest absolute Gasteiger partial charge is 0.251 e. The third kappa shape index (κ3) is 3.98. The molecule has 2 atom stereocenters. The summed E-state index contributed by atoms with van der Waals surface area (Å²) in [5.74, 6) is 4.03. The molecule has 5 nitrogen and oxygen atoms in total. The summed E-state index contributed by atoms with van der Waals surface area (Å²) in [5.41, 5.74) is 0.887. The number of aromatic nitrogens is 2. The number of nitrogens with zero attached hydrogens (tertiary/aromatic N) is 2. The molecule has 6 heteroatoms. The van der Waals surface area contributed by atoms with Gasteiger partial charge in [0, 0.05) is 11.3 Å². The van der Waals surface area contributed by atoms with E-state index in [0.29, 0.717) is 29.6 Å². The van der Waals surface area contributed by atoms with E-state index in [4.69, 9.17) is 8.83 Å². The Labute approximate surface area is 141 Å². The van der Waals surface area contributed by atoms with Crippen molar-refractivity contribution in [3.8, 4) is 11.5 Å². The van der Waals surface area contributed by atoms with Gasteiger partial charge >= 0.3 is 0 Å². The van der Waals surface area contributed by atoms with Gasteiger partial charge in [-0.25, -0.2) is 0 Å². The zero-order valence-corrected chi connectivity index (χ0v) is 14.9. The third-order valence-electron chi connectivity index (χ3n) is 4.34. The van der Waals surface area contributed by atoms with Crippen LogP contribution in [0.5, 0.6) is 0 Å². The molecule has 1 fully saturated rings. The first-order chi connectivity index (χ1) is 11.2. The molecule has 126 valence electrons. The minimum Gasteiger partial charge on any atom is -0.466 e. The van der Waals surface area contributed by atoms with Crippen molar-refractivity contribution in [3.05, 3.63) is 23.5 Å². The summed E-state index contributed by atoms with van der Waals surface area (Å²) >= 11 is 2.06. The number of rotatable bonds is 6. The molecule has 1 saturated carbocycles. The highest BCUT2D eigenvalue weighted by Gasteiger charge is 2.25. The summed E-state index contributed by atoms with van der Waals surface area (Å²) in [6.07, 6.45) is 5.19. The molecule has 0 aliphatic heterocycles. The lowest BCUT2D eigenvalue weighted by atomic mass is 9.95. The number of hydrogen-bond acceptors (Lipinski definition) is 6. The highest BCUT2D eigenvalue weighted by Crippen LogP contribution is 2.29. The molecule has 3 rings (SSSR count). The van der Waals surface area contributed by atoms with Crippen molar-refractivity contribution < 1.29 is 8.83 Å². The number of thioether (sulfide) groups is 1. The molecule has 2 aromatic heterocycles. The Balaban J connectivity index is 1.61. The van der Waals surface area contributed by atoms with Crippen LogP contribution in [0.3, 0.4) is 0 Å². The Kier molecular flexibility index (Phi) is 5.43. The van der Waals surface area contributed by atoms with Crippen LogP contribution in [0.2, 0.25) is 0 Å². The Morgan fingerprint density at radius 1 is 1.22 bits per heavy atom. The van der Waals surface area contributed by atoms with Gasteiger partial charge < -0.3 is 14.2 Å². The average Bonchev–Trinajstić information content (AvgIpc) is 3.13. The molecule has 1 aliphatic carbocycles. The van der Waals surface area contributed by atoms with Gasteiger partial charge in [-0.3, -0.25) is 0 Å². The van der Waals surface area contributed by atoms with E-state index < -0.39 is 0 Å². The van der Waals surface area contributed by atoms with E-state index in [9.17, 15) is 0 Å². The largest absolute Gasteiger partial charge is 0.466 e. The molecular weight excluding hydrogens is 310 g/mol. The third-order valence-corrected chi connectivity index (χ3v) is 5.66. The van der Waals surface area contributed by atoms with Gasteiger partial charge in [0.05, 0.1) is 12.1 Å². The van der Waals surface area contributed by atoms with Crippen LogP contribution in [0.15, 0.2) is 14.9 Å². The van der Waals surface area contributed by atoms with Gasteiger partial charge in [0.25, 0.3) is 5.89 Å². The lowest BCUT2D eigenvalue weighted by Crippen LogP contribution is -2.40. The molecule has 2 aromatic rings. The fourth-order valence-corrected chi connectivity index (χ4v) is 4.47. The first-order valence-electron chi connectivity index (χ1n) is 8.42. The topological polar surface area (TPSA) is 64.1 Å². The lowest BCUT2D eigenvalue weighted by molar-refractivity contribution is 0.362. The van der Waals surface area contributed by atoms with Gasteiger partial charge in [-0.1, -0.05) is 19.8 Å². The normalized spacial score (nSPS) is 21.7. The van der Waals surface area contributed by atoms with E-state index in [-0.39, 0.29) is 0 Å². The second kappa shape index (κ2) is 7.53. The molecule has 23 heavy (non-hydrogen) atoms. The van der Waals surface area contributed by atoms with Crippen LogP contribution in [0.25, 0.3) is 11.5 Å². The molecular formula is C17H25N3O2S. The summed E-state index contributed by atoms with van der Waals surface area (Å²) < 4.78 is 11.3. The molecule has 0 unspecified atom stereocenters. The molecule has 0 spiro atoms. The summed E-state index contributed by atoms with van der Waals surface area (Å²) in [7, 11) is 0. The van der Waals surface area contributed by atoms with Gasteiger partial charge in [0.1, 0.15) is 11.5 Å². The van der Waals surface area contributed by atoms with Crippen molar-refractivity contribution in [3.63, 3.8) is 0 Å². The zero-order valence-electron chi connectivity index (χ0n) is 14.1. The highest BCUT2D eigenvalue weighted by atomic mass is 32.2. The molecule has 0 radical (unpaired) electrons.